The van der Waals surface area contributed by atoms with Crippen molar-refractivity contribution in [3.8, 4) is 0 Å². The topological polar surface area (TPSA) is 140 Å². The molecule has 1 fully saturated rings. The van der Waals surface area contributed by atoms with E-state index in [9.17, 15) is 15.3 Å². The van der Waals surface area contributed by atoms with E-state index in [1.54, 1.807) is 0 Å². The number of aliphatic hydroxyl groups excluding tert-OH is 3. The molecule has 2 aromatic heterocycles. The summed E-state index contributed by atoms with van der Waals surface area (Å²) < 4.78 is 6.64. The second kappa shape index (κ2) is 4.38. The highest BCUT2D eigenvalue weighted by atomic mass is 16.6. The van der Waals surface area contributed by atoms with Crippen LogP contribution in [-0.2, 0) is 4.74 Å². The van der Waals surface area contributed by atoms with Gasteiger partial charge < -0.3 is 25.8 Å². The summed E-state index contributed by atoms with van der Waals surface area (Å²) in [7, 11) is 0. The summed E-state index contributed by atoms with van der Waals surface area (Å²) in [6.07, 6.45) is -1.87. The fraction of sp³-hybridized carbons (Fsp3) is 0.500. The summed E-state index contributed by atoms with van der Waals surface area (Å²) in [5.41, 5.74) is 6.39. The predicted octanol–water partition coefficient (Wildman–Crippen LogP) is -1.63. The van der Waals surface area contributed by atoms with Crippen LogP contribution in [0.4, 0.5) is 5.82 Å². The molecule has 1 aliphatic rings. The van der Waals surface area contributed by atoms with Gasteiger partial charge in [0.2, 0.25) is 0 Å². The fourth-order valence-electron chi connectivity index (χ4n) is 2.12. The van der Waals surface area contributed by atoms with Gasteiger partial charge in [-0.2, -0.15) is 0 Å². The van der Waals surface area contributed by atoms with E-state index in [-0.39, 0.29) is 12.2 Å². The van der Waals surface area contributed by atoms with Crippen LogP contribution in [0.2, 0.25) is 0 Å². The molecule has 5 N–H and O–H groups in total. The van der Waals surface area contributed by atoms with Gasteiger partial charge in [-0.05, 0) is 0 Å². The number of rotatable bonds is 1. The minimum absolute atomic E-state index is 0.0541. The molecule has 3 unspecified atom stereocenters. The number of hydrogen-bond acceptors (Lipinski definition) is 8. The fourth-order valence-corrected chi connectivity index (χ4v) is 2.12. The van der Waals surface area contributed by atoms with E-state index in [4.69, 9.17) is 10.5 Å². The Morgan fingerprint density at radius 1 is 1.26 bits per heavy atom. The molecule has 0 aliphatic carbocycles. The molecule has 4 atom stereocenters. The predicted molar refractivity (Wildman–Crippen MR) is 62.5 cm³/mol. The summed E-state index contributed by atoms with van der Waals surface area (Å²) in [6, 6.07) is 0. The molecule has 2 aromatic rings. The van der Waals surface area contributed by atoms with Crippen LogP contribution in [0.1, 0.15) is 12.6 Å². The Bertz CT molecular complexity index is 603. The van der Waals surface area contributed by atoms with Crippen LogP contribution in [0, 0.1) is 0 Å². The number of nitrogens with two attached hydrogens (primary N) is 1. The largest absolute Gasteiger partial charge is 0.390 e. The molecule has 0 aromatic carbocycles. The zero-order chi connectivity index (χ0) is 13.6. The lowest BCUT2D eigenvalue weighted by Crippen LogP contribution is -2.45. The summed E-state index contributed by atoms with van der Waals surface area (Å²) in [5, 5.41) is 29.1. The molecular formula is C10H13N5O4. The van der Waals surface area contributed by atoms with Crippen molar-refractivity contribution >= 4 is 17.0 Å². The van der Waals surface area contributed by atoms with Gasteiger partial charge in [-0.1, -0.05) is 0 Å². The van der Waals surface area contributed by atoms with Gasteiger partial charge in [0.25, 0.3) is 0 Å². The smallest absolute Gasteiger partial charge is 0.168 e. The van der Waals surface area contributed by atoms with Crippen LogP contribution < -0.4 is 5.73 Å². The molecule has 0 bridgehead atoms. The van der Waals surface area contributed by atoms with Crippen LogP contribution in [-0.4, -0.2) is 53.3 Å². The van der Waals surface area contributed by atoms with E-state index >= 15 is 0 Å². The number of hydrogen-bond donors (Lipinski definition) is 4. The molecule has 0 spiro atoms. The normalized spacial score (nSPS) is 31.7. The summed E-state index contributed by atoms with van der Waals surface area (Å²) in [6.45, 7) is 0. The Balaban J connectivity index is 2.06. The van der Waals surface area contributed by atoms with Crippen molar-refractivity contribution in [1.82, 2.24) is 19.5 Å². The minimum Gasteiger partial charge on any atom is -0.390 e. The third kappa shape index (κ3) is 1.92. The number of aliphatic hydroxyl groups is 3. The Hall–Kier alpha value is -1.81. The summed E-state index contributed by atoms with van der Waals surface area (Å²) in [5.74, 6) is 0.204. The molecule has 0 amide bonds. The molecule has 19 heavy (non-hydrogen) atoms. The van der Waals surface area contributed by atoms with Gasteiger partial charge >= 0.3 is 0 Å². The second-order valence-corrected chi connectivity index (χ2v) is 4.36. The molecule has 0 saturated carbocycles. The van der Waals surface area contributed by atoms with E-state index in [2.05, 4.69) is 15.0 Å². The van der Waals surface area contributed by atoms with Crippen LogP contribution in [0.15, 0.2) is 12.7 Å². The van der Waals surface area contributed by atoms with E-state index in [0.717, 1.165) is 0 Å². The monoisotopic (exact) mass is 267 g/mol. The molecule has 0 radical (unpaired) electrons. The highest BCUT2D eigenvalue weighted by Crippen LogP contribution is 2.29. The van der Waals surface area contributed by atoms with Crippen molar-refractivity contribution < 1.29 is 20.1 Å². The lowest BCUT2D eigenvalue weighted by atomic mass is 10.1. The Morgan fingerprint density at radius 3 is 2.84 bits per heavy atom. The summed E-state index contributed by atoms with van der Waals surface area (Å²) in [4.78, 5) is 11.9. The Kier molecular flexibility index (Phi) is 2.82. The third-order valence-electron chi connectivity index (χ3n) is 3.09. The van der Waals surface area contributed by atoms with Gasteiger partial charge in [0.1, 0.15) is 17.9 Å². The van der Waals surface area contributed by atoms with Crippen molar-refractivity contribution in [1.29, 1.82) is 0 Å². The SMILES string of the molecule is Nc1ncnc2c1ncn2C1O[C@H](O)CC(O)C1O. The molecule has 3 rings (SSSR count). The van der Waals surface area contributed by atoms with E-state index in [1.807, 2.05) is 0 Å². The number of nitrogen functional groups attached to an aromatic ring is 1. The van der Waals surface area contributed by atoms with Crippen LogP contribution >= 0.6 is 0 Å². The van der Waals surface area contributed by atoms with E-state index in [1.165, 1.54) is 17.2 Å². The van der Waals surface area contributed by atoms with Gasteiger partial charge in [-0.15, -0.1) is 0 Å². The lowest BCUT2D eigenvalue weighted by molar-refractivity contribution is -0.255. The average Bonchev–Trinajstić information content (AvgIpc) is 2.79. The maximum absolute atomic E-state index is 9.95. The van der Waals surface area contributed by atoms with Gasteiger partial charge in [0.15, 0.2) is 24.0 Å². The number of ether oxygens (including phenoxy) is 1. The number of anilines is 1. The lowest BCUT2D eigenvalue weighted by Gasteiger charge is -2.35. The van der Waals surface area contributed by atoms with Crippen LogP contribution in [0.25, 0.3) is 11.2 Å². The standard InChI is InChI=1S/C10H13N5O4/c11-8-6-9(13-2-12-8)15(3-14-6)10-7(18)4(16)1-5(17)19-10/h2-5,7,10,16-18H,1H2,(H2,11,12,13)/t4?,5-,7?,10?/m0/s1. The molecule has 1 aliphatic heterocycles. The molecule has 9 nitrogen and oxygen atoms in total. The Labute approximate surface area is 107 Å². The first-order valence-corrected chi connectivity index (χ1v) is 5.70. The van der Waals surface area contributed by atoms with Crippen molar-refractivity contribution in [3.63, 3.8) is 0 Å². The first kappa shape index (κ1) is 12.2. The number of fused-ring (bicyclic) bond motifs is 1. The highest BCUT2D eigenvalue weighted by Gasteiger charge is 2.38. The molecule has 9 heteroatoms. The van der Waals surface area contributed by atoms with E-state index in [0.29, 0.717) is 11.2 Å². The minimum atomic E-state index is -1.20. The maximum atomic E-state index is 9.95. The van der Waals surface area contributed by atoms with Gasteiger partial charge in [-0.25, -0.2) is 15.0 Å². The van der Waals surface area contributed by atoms with Crippen molar-refractivity contribution in [3.05, 3.63) is 12.7 Å². The number of nitrogens with zero attached hydrogens (tertiary/aromatic N) is 4. The van der Waals surface area contributed by atoms with Crippen LogP contribution in [0.5, 0.6) is 0 Å². The molecular weight excluding hydrogens is 254 g/mol. The van der Waals surface area contributed by atoms with Crippen molar-refractivity contribution in [2.75, 3.05) is 5.73 Å². The number of imidazole rings is 1. The first-order chi connectivity index (χ1) is 9.08. The molecule has 1 saturated heterocycles. The maximum Gasteiger partial charge on any atom is 0.168 e. The van der Waals surface area contributed by atoms with Gasteiger partial charge in [0, 0.05) is 6.42 Å². The zero-order valence-corrected chi connectivity index (χ0v) is 9.79. The second-order valence-electron chi connectivity index (χ2n) is 4.36. The number of aromatic nitrogens is 4. The van der Waals surface area contributed by atoms with Crippen molar-refractivity contribution in [2.24, 2.45) is 0 Å². The van der Waals surface area contributed by atoms with Crippen LogP contribution in [0.3, 0.4) is 0 Å². The first-order valence-electron chi connectivity index (χ1n) is 5.70. The molecule has 102 valence electrons. The quantitative estimate of drug-likeness (QED) is 0.482. The zero-order valence-electron chi connectivity index (χ0n) is 9.79. The van der Waals surface area contributed by atoms with E-state index < -0.39 is 24.7 Å². The van der Waals surface area contributed by atoms with Gasteiger partial charge in [-0.3, -0.25) is 4.57 Å². The highest BCUT2D eigenvalue weighted by molar-refractivity contribution is 5.81. The van der Waals surface area contributed by atoms with Gasteiger partial charge in [0.05, 0.1) is 12.4 Å². The molecule has 3 heterocycles. The van der Waals surface area contributed by atoms with Crippen molar-refractivity contribution in [2.45, 2.75) is 31.1 Å². The Morgan fingerprint density at radius 2 is 2.05 bits per heavy atom. The third-order valence-corrected chi connectivity index (χ3v) is 3.09. The summed E-state index contributed by atoms with van der Waals surface area (Å²) >= 11 is 0. The average molecular weight is 267 g/mol.